The van der Waals surface area contributed by atoms with Gasteiger partial charge in [-0.3, -0.25) is 4.79 Å². The number of nitrogens with two attached hydrogens (primary N) is 1. The van der Waals surface area contributed by atoms with Gasteiger partial charge in [-0.2, -0.15) is 8.78 Å². The van der Waals surface area contributed by atoms with E-state index in [9.17, 15) is 13.6 Å². The Hall–Kier alpha value is -3.10. The van der Waals surface area contributed by atoms with Crippen molar-refractivity contribution in [2.24, 2.45) is 10.7 Å². The quantitative estimate of drug-likeness (QED) is 0.542. The molecule has 0 aliphatic heterocycles. The molecule has 0 aliphatic carbocycles. The number of benzene rings is 1. The molecule has 2 rings (SSSR count). The molecule has 0 atom stereocenters. The summed E-state index contributed by atoms with van der Waals surface area (Å²) < 4.78 is 34.1. The molecule has 0 bridgehead atoms. The summed E-state index contributed by atoms with van der Waals surface area (Å²) in [6.07, 6.45) is 0. The first-order chi connectivity index (χ1) is 12.9. The molecular formula is C18H22F2N4O3. The van der Waals surface area contributed by atoms with Gasteiger partial charge in [0.1, 0.15) is 18.1 Å². The second-order valence-electron chi connectivity index (χ2n) is 5.68. The van der Waals surface area contributed by atoms with Gasteiger partial charge in [0.2, 0.25) is 0 Å². The number of furan rings is 1. The zero-order valence-corrected chi connectivity index (χ0v) is 15.1. The molecule has 146 valence electrons. The molecule has 0 unspecified atom stereocenters. The lowest BCUT2D eigenvalue weighted by molar-refractivity contribution is -0.0498. The number of carbonyl (C=O) groups excluding carboxylic acids is 1. The van der Waals surface area contributed by atoms with Gasteiger partial charge in [-0.1, -0.05) is 12.1 Å². The number of alkyl halides is 2. The molecule has 0 saturated carbocycles. The molecule has 0 saturated heterocycles. The van der Waals surface area contributed by atoms with Crippen molar-refractivity contribution in [1.82, 2.24) is 10.2 Å². The summed E-state index contributed by atoms with van der Waals surface area (Å²) in [7, 11) is 1.85. The van der Waals surface area contributed by atoms with Gasteiger partial charge < -0.3 is 25.1 Å². The average Bonchev–Trinajstić information content (AvgIpc) is 3.09. The number of hydrogen-bond acceptors (Lipinski definition) is 4. The van der Waals surface area contributed by atoms with Gasteiger partial charge in [0, 0.05) is 20.1 Å². The fourth-order valence-electron chi connectivity index (χ4n) is 2.34. The van der Waals surface area contributed by atoms with Gasteiger partial charge in [0.25, 0.3) is 5.91 Å². The van der Waals surface area contributed by atoms with Crippen LogP contribution in [0.1, 0.15) is 28.8 Å². The van der Waals surface area contributed by atoms with E-state index in [1.165, 1.54) is 18.2 Å². The first-order valence-electron chi connectivity index (χ1n) is 8.30. The number of primary amides is 1. The highest BCUT2D eigenvalue weighted by atomic mass is 19.3. The zero-order valence-electron chi connectivity index (χ0n) is 15.1. The van der Waals surface area contributed by atoms with E-state index in [1.54, 1.807) is 18.2 Å². The third kappa shape index (κ3) is 6.28. The van der Waals surface area contributed by atoms with Crippen molar-refractivity contribution in [2.75, 3.05) is 13.6 Å². The fraction of sp³-hybridized carbons (Fsp3) is 0.333. The molecule has 1 amide bonds. The molecule has 0 radical (unpaired) electrons. The molecule has 27 heavy (non-hydrogen) atoms. The van der Waals surface area contributed by atoms with Gasteiger partial charge in [-0.15, -0.1) is 0 Å². The minimum Gasteiger partial charge on any atom is -0.454 e. The van der Waals surface area contributed by atoms with Gasteiger partial charge in [0.05, 0.1) is 0 Å². The number of rotatable bonds is 8. The Bertz CT molecular complexity index is 775. The average molecular weight is 380 g/mol. The number of guanidine groups is 1. The monoisotopic (exact) mass is 380 g/mol. The Kier molecular flexibility index (Phi) is 7.16. The van der Waals surface area contributed by atoms with Crippen molar-refractivity contribution in [1.29, 1.82) is 0 Å². The van der Waals surface area contributed by atoms with Crippen LogP contribution in [0, 0.1) is 0 Å². The SMILES string of the molecule is CCNC(=NCc1ccc(C(N)=O)o1)N(C)Cc1ccc(OC(F)F)cc1. The van der Waals surface area contributed by atoms with E-state index >= 15 is 0 Å². The third-order valence-electron chi connectivity index (χ3n) is 3.55. The summed E-state index contributed by atoms with van der Waals surface area (Å²) in [5.41, 5.74) is 6.06. The maximum absolute atomic E-state index is 12.2. The van der Waals surface area contributed by atoms with Crippen LogP contribution in [0.4, 0.5) is 8.78 Å². The summed E-state index contributed by atoms with van der Waals surface area (Å²) in [5.74, 6) is 0.710. The summed E-state index contributed by atoms with van der Waals surface area (Å²) in [6.45, 7) is 0.502. The van der Waals surface area contributed by atoms with Crippen LogP contribution in [-0.2, 0) is 13.1 Å². The number of halogens is 2. The molecule has 0 fully saturated rings. The smallest absolute Gasteiger partial charge is 0.387 e. The molecule has 0 aliphatic rings. The molecule has 7 nitrogen and oxygen atoms in total. The lowest BCUT2D eigenvalue weighted by Crippen LogP contribution is -2.38. The molecule has 1 aromatic carbocycles. The van der Waals surface area contributed by atoms with E-state index in [4.69, 9.17) is 10.2 Å². The lowest BCUT2D eigenvalue weighted by atomic mass is 10.2. The Morgan fingerprint density at radius 1 is 1.30 bits per heavy atom. The predicted octanol–water partition coefficient (Wildman–Crippen LogP) is 2.58. The summed E-state index contributed by atoms with van der Waals surface area (Å²) in [4.78, 5) is 17.4. The number of amides is 1. The van der Waals surface area contributed by atoms with E-state index in [-0.39, 0.29) is 18.1 Å². The Labute approximate surface area is 155 Å². The number of hydrogen-bond donors (Lipinski definition) is 2. The molecule has 0 spiro atoms. The molecule has 1 heterocycles. The molecule has 9 heteroatoms. The highest BCUT2D eigenvalue weighted by Gasteiger charge is 2.10. The number of ether oxygens (including phenoxy) is 1. The zero-order chi connectivity index (χ0) is 19.8. The summed E-state index contributed by atoms with van der Waals surface area (Å²) in [5, 5.41) is 3.16. The van der Waals surface area contributed by atoms with Crippen LogP contribution in [0.15, 0.2) is 45.8 Å². The van der Waals surface area contributed by atoms with Crippen LogP contribution in [0.25, 0.3) is 0 Å². The highest BCUT2D eigenvalue weighted by molar-refractivity contribution is 5.89. The second kappa shape index (κ2) is 9.56. The van der Waals surface area contributed by atoms with Crippen molar-refractivity contribution >= 4 is 11.9 Å². The molecule has 3 N–H and O–H groups in total. The molecular weight excluding hydrogens is 358 g/mol. The lowest BCUT2D eigenvalue weighted by Gasteiger charge is -2.22. The van der Waals surface area contributed by atoms with Crippen LogP contribution < -0.4 is 15.8 Å². The van der Waals surface area contributed by atoms with Crippen LogP contribution in [-0.4, -0.2) is 37.0 Å². The standard InChI is InChI=1S/C18H22F2N4O3/c1-3-22-18(23-10-14-8-9-15(26-14)16(21)25)24(2)11-12-4-6-13(7-5-12)27-17(19)20/h4-9,17H,3,10-11H2,1-2H3,(H2,21,25)(H,22,23). The number of nitrogens with zero attached hydrogens (tertiary/aromatic N) is 2. The molecule has 2 aromatic rings. The Balaban J connectivity index is 2.02. The predicted molar refractivity (Wildman–Crippen MR) is 96.6 cm³/mol. The summed E-state index contributed by atoms with van der Waals surface area (Å²) >= 11 is 0. The van der Waals surface area contributed by atoms with Crippen molar-refractivity contribution in [3.8, 4) is 5.75 Å². The minimum absolute atomic E-state index is 0.0876. The number of carbonyl (C=O) groups is 1. The van der Waals surface area contributed by atoms with Gasteiger partial charge in [-0.25, -0.2) is 4.99 Å². The normalized spacial score (nSPS) is 11.5. The van der Waals surface area contributed by atoms with Gasteiger partial charge in [-0.05, 0) is 36.8 Å². The van der Waals surface area contributed by atoms with Crippen molar-refractivity contribution in [2.45, 2.75) is 26.6 Å². The van der Waals surface area contributed by atoms with Crippen molar-refractivity contribution < 1.29 is 22.7 Å². The first kappa shape index (κ1) is 20.2. The van der Waals surface area contributed by atoms with E-state index in [1.807, 2.05) is 18.9 Å². The van der Waals surface area contributed by atoms with Crippen LogP contribution in [0.5, 0.6) is 5.75 Å². The van der Waals surface area contributed by atoms with Gasteiger partial charge >= 0.3 is 6.61 Å². The maximum atomic E-state index is 12.2. The van der Waals surface area contributed by atoms with Crippen LogP contribution in [0.2, 0.25) is 0 Å². The van der Waals surface area contributed by atoms with E-state index in [2.05, 4.69) is 15.0 Å². The van der Waals surface area contributed by atoms with E-state index < -0.39 is 12.5 Å². The fourth-order valence-corrected chi connectivity index (χ4v) is 2.34. The third-order valence-corrected chi connectivity index (χ3v) is 3.55. The van der Waals surface area contributed by atoms with E-state index in [0.29, 0.717) is 24.8 Å². The largest absolute Gasteiger partial charge is 0.454 e. The number of nitrogens with one attached hydrogen (secondary N) is 1. The number of aliphatic imine (C=N–C) groups is 1. The topological polar surface area (TPSA) is 93.1 Å². The maximum Gasteiger partial charge on any atom is 0.387 e. The van der Waals surface area contributed by atoms with E-state index in [0.717, 1.165) is 5.56 Å². The highest BCUT2D eigenvalue weighted by Crippen LogP contribution is 2.16. The van der Waals surface area contributed by atoms with Crippen LogP contribution in [0.3, 0.4) is 0 Å². The second-order valence-corrected chi connectivity index (χ2v) is 5.68. The van der Waals surface area contributed by atoms with Crippen molar-refractivity contribution in [3.63, 3.8) is 0 Å². The minimum atomic E-state index is -2.84. The summed E-state index contributed by atoms with van der Waals surface area (Å²) in [6, 6.07) is 9.57. The Morgan fingerprint density at radius 3 is 2.56 bits per heavy atom. The Morgan fingerprint density at radius 2 is 2.00 bits per heavy atom. The van der Waals surface area contributed by atoms with Crippen LogP contribution >= 0.6 is 0 Å². The first-order valence-corrected chi connectivity index (χ1v) is 8.30. The van der Waals surface area contributed by atoms with Crippen molar-refractivity contribution in [3.05, 3.63) is 53.5 Å². The molecule has 1 aromatic heterocycles. The van der Waals surface area contributed by atoms with Gasteiger partial charge in [0.15, 0.2) is 11.7 Å².